The van der Waals surface area contributed by atoms with Gasteiger partial charge in [-0.05, 0) is 31.9 Å². The van der Waals surface area contributed by atoms with Gasteiger partial charge in [0, 0.05) is 36.8 Å². The third-order valence-electron chi connectivity index (χ3n) is 6.59. The molecule has 0 radical (unpaired) electrons. The topological polar surface area (TPSA) is 183 Å². The molecule has 40 heavy (non-hydrogen) atoms. The van der Waals surface area contributed by atoms with Gasteiger partial charge in [-0.25, -0.2) is 9.18 Å². The first-order valence-electron chi connectivity index (χ1n) is 12.5. The Morgan fingerprint density at radius 1 is 1.02 bits per heavy atom. The molecule has 1 fully saturated rings. The molecule has 218 valence electrons. The Balaban J connectivity index is 0.000000289. The number of likely N-dealkylation sites (tertiary alicyclic amines) is 1. The molecule has 0 aliphatic carbocycles. The fraction of sp³-hybridized carbons (Fsp3) is 0.444. The molecular formula is C27H32FNO11. The summed E-state index contributed by atoms with van der Waals surface area (Å²) < 4.78 is 30.8. The van der Waals surface area contributed by atoms with Crippen molar-refractivity contribution >= 4 is 17.9 Å². The zero-order valence-electron chi connectivity index (χ0n) is 21.8. The van der Waals surface area contributed by atoms with Crippen molar-refractivity contribution in [1.82, 2.24) is 4.90 Å². The van der Waals surface area contributed by atoms with Gasteiger partial charge in [-0.15, -0.1) is 0 Å². The number of fused-ring (bicyclic) bond motifs is 1. The van der Waals surface area contributed by atoms with Crippen molar-refractivity contribution in [3.05, 3.63) is 53.3 Å². The fourth-order valence-electron chi connectivity index (χ4n) is 4.52. The van der Waals surface area contributed by atoms with Crippen molar-refractivity contribution < 1.29 is 58.5 Å². The van der Waals surface area contributed by atoms with E-state index in [1.807, 2.05) is 19.1 Å². The second-order valence-electron chi connectivity index (χ2n) is 9.51. The van der Waals surface area contributed by atoms with Crippen molar-refractivity contribution in [3.8, 4) is 17.2 Å². The summed E-state index contributed by atoms with van der Waals surface area (Å²) in [5.74, 6) is -3.14. The number of hydrogen-bond acceptors (Lipinski definition) is 9. The minimum atomic E-state index is -2.74. The quantitative estimate of drug-likeness (QED) is 0.283. The summed E-state index contributed by atoms with van der Waals surface area (Å²) in [7, 11) is 0. The second kappa shape index (κ2) is 12.9. The monoisotopic (exact) mass is 565 g/mol. The molecule has 2 aromatic carbocycles. The number of carbonyl (C=O) groups is 3. The predicted molar refractivity (Wildman–Crippen MR) is 136 cm³/mol. The summed E-state index contributed by atoms with van der Waals surface area (Å²) in [6.07, 6.45) is -1.31. The second-order valence-corrected chi connectivity index (χ2v) is 9.51. The number of rotatable bonds is 10. The van der Waals surface area contributed by atoms with Crippen LogP contribution in [0.4, 0.5) is 4.39 Å². The Morgan fingerprint density at radius 3 is 2.12 bits per heavy atom. The summed E-state index contributed by atoms with van der Waals surface area (Å²) in [5.41, 5.74) is -2.43. The van der Waals surface area contributed by atoms with E-state index in [-0.39, 0.29) is 12.6 Å². The van der Waals surface area contributed by atoms with Gasteiger partial charge in [0.15, 0.2) is 17.1 Å². The Kier molecular flexibility index (Phi) is 9.90. The van der Waals surface area contributed by atoms with Gasteiger partial charge in [-0.1, -0.05) is 18.2 Å². The number of aliphatic hydroxyl groups is 2. The zero-order chi connectivity index (χ0) is 29.5. The van der Waals surface area contributed by atoms with Crippen LogP contribution in [0.1, 0.15) is 43.7 Å². The molecule has 5 N–H and O–H groups in total. The van der Waals surface area contributed by atoms with E-state index in [0.717, 1.165) is 17.1 Å². The van der Waals surface area contributed by atoms with E-state index >= 15 is 0 Å². The van der Waals surface area contributed by atoms with Gasteiger partial charge < -0.3 is 39.7 Å². The SMILES string of the molecule is CCOc1cc2c(cc1CN1CCC(O)(c3ccccc3F)CC1)OCO2.O=C(O)CC(O)(CC(=O)O)C(=O)O. The van der Waals surface area contributed by atoms with Crippen molar-refractivity contribution in [3.63, 3.8) is 0 Å². The maximum absolute atomic E-state index is 14.1. The molecule has 0 spiro atoms. The first-order valence-corrected chi connectivity index (χ1v) is 12.5. The summed E-state index contributed by atoms with van der Waals surface area (Å²) in [4.78, 5) is 32.7. The molecule has 0 unspecified atom stereocenters. The van der Waals surface area contributed by atoms with Crippen LogP contribution in [0.5, 0.6) is 17.2 Å². The number of ether oxygens (including phenoxy) is 3. The summed E-state index contributed by atoms with van der Waals surface area (Å²) in [6.45, 7) is 4.77. The largest absolute Gasteiger partial charge is 0.493 e. The molecular weight excluding hydrogens is 533 g/mol. The average molecular weight is 566 g/mol. The number of carboxylic acid groups (broad SMARTS) is 3. The third-order valence-corrected chi connectivity index (χ3v) is 6.59. The summed E-state index contributed by atoms with van der Waals surface area (Å²) >= 11 is 0. The summed E-state index contributed by atoms with van der Waals surface area (Å²) in [5, 5.41) is 44.8. The van der Waals surface area contributed by atoms with E-state index in [9.17, 15) is 23.9 Å². The lowest BCUT2D eigenvalue weighted by molar-refractivity contribution is -0.170. The number of piperidine rings is 1. The molecule has 12 nitrogen and oxygen atoms in total. The van der Waals surface area contributed by atoms with Crippen molar-refractivity contribution in [2.75, 3.05) is 26.5 Å². The van der Waals surface area contributed by atoms with Crippen LogP contribution in [-0.2, 0) is 26.5 Å². The Hall–Kier alpha value is -3.94. The van der Waals surface area contributed by atoms with Crippen LogP contribution in [0.3, 0.4) is 0 Å². The Morgan fingerprint density at radius 2 is 1.60 bits per heavy atom. The normalized spacial score (nSPS) is 16.0. The lowest BCUT2D eigenvalue weighted by Crippen LogP contribution is -2.42. The molecule has 13 heteroatoms. The standard InChI is InChI=1S/C21H24FNO4.C6H8O7/c1-2-25-18-12-20-19(26-14-27-20)11-15(18)13-23-9-7-21(24,8-10-23)16-5-3-4-6-17(16)22;7-3(8)1-6(13,5(11)12)2-4(9)10/h3-6,11-12,24H,2,7-10,13-14H2,1H3;13H,1-2H2,(H,7,8)(H,9,10)(H,11,12). The van der Waals surface area contributed by atoms with Crippen LogP contribution in [-0.4, -0.2) is 80.4 Å². The number of nitrogens with zero attached hydrogens (tertiary/aromatic N) is 1. The summed E-state index contributed by atoms with van der Waals surface area (Å²) in [6, 6.07) is 10.3. The van der Waals surface area contributed by atoms with Gasteiger partial charge in [-0.3, -0.25) is 14.5 Å². The molecule has 2 aromatic rings. The minimum absolute atomic E-state index is 0.226. The first kappa shape index (κ1) is 30.6. The van der Waals surface area contributed by atoms with E-state index in [0.29, 0.717) is 50.4 Å². The number of carboxylic acids is 3. The smallest absolute Gasteiger partial charge is 0.336 e. The lowest BCUT2D eigenvalue weighted by atomic mass is 9.84. The molecule has 0 atom stereocenters. The van der Waals surface area contributed by atoms with Crippen LogP contribution < -0.4 is 14.2 Å². The van der Waals surface area contributed by atoms with Gasteiger partial charge in [0.05, 0.1) is 25.0 Å². The predicted octanol–water partition coefficient (Wildman–Crippen LogP) is 2.19. The highest BCUT2D eigenvalue weighted by Crippen LogP contribution is 2.40. The number of hydrogen-bond donors (Lipinski definition) is 5. The molecule has 0 aromatic heterocycles. The molecule has 2 aliphatic rings. The Bertz CT molecular complexity index is 1210. The highest BCUT2D eigenvalue weighted by Gasteiger charge is 2.41. The van der Waals surface area contributed by atoms with Crippen LogP contribution in [0.25, 0.3) is 0 Å². The van der Waals surface area contributed by atoms with Crippen LogP contribution in [0.15, 0.2) is 36.4 Å². The first-order chi connectivity index (χ1) is 18.9. The average Bonchev–Trinajstić information content (AvgIpc) is 3.33. The maximum atomic E-state index is 14.1. The Labute approximate surface area is 229 Å². The van der Waals surface area contributed by atoms with Gasteiger partial charge in [0.2, 0.25) is 6.79 Å². The van der Waals surface area contributed by atoms with Crippen molar-refractivity contribution in [2.45, 2.75) is 50.4 Å². The minimum Gasteiger partial charge on any atom is -0.493 e. The van der Waals surface area contributed by atoms with Crippen LogP contribution >= 0.6 is 0 Å². The van der Waals surface area contributed by atoms with Gasteiger partial charge in [-0.2, -0.15) is 0 Å². The van der Waals surface area contributed by atoms with Gasteiger partial charge in [0.25, 0.3) is 0 Å². The van der Waals surface area contributed by atoms with Crippen LogP contribution in [0.2, 0.25) is 0 Å². The maximum Gasteiger partial charge on any atom is 0.336 e. The van der Waals surface area contributed by atoms with Crippen molar-refractivity contribution in [2.24, 2.45) is 0 Å². The molecule has 0 amide bonds. The lowest BCUT2D eigenvalue weighted by Gasteiger charge is -2.38. The highest BCUT2D eigenvalue weighted by molar-refractivity contribution is 5.88. The third kappa shape index (κ3) is 7.58. The number of benzene rings is 2. The molecule has 2 heterocycles. The molecule has 4 rings (SSSR count). The van der Waals surface area contributed by atoms with E-state index in [1.165, 1.54) is 6.07 Å². The molecule has 2 aliphatic heterocycles. The number of aliphatic carboxylic acids is 3. The molecule has 1 saturated heterocycles. The van der Waals surface area contributed by atoms with E-state index in [1.54, 1.807) is 18.2 Å². The highest BCUT2D eigenvalue weighted by atomic mass is 19.1. The van der Waals surface area contributed by atoms with E-state index < -0.39 is 42.0 Å². The van der Waals surface area contributed by atoms with Crippen molar-refractivity contribution in [1.29, 1.82) is 0 Å². The number of halogens is 1. The van der Waals surface area contributed by atoms with Gasteiger partial charge in [0.1, 0.15) is 11.6 Å². The van der Waals surface area contributed by atoms with E-state index in [4.69, 9.17) is 34.6 Å². The molecule has 0 bridgehead atoms. The fourth-order valence-corrected chi connectivity index (χ4v) is 4.52. The zero-order valence-corrected chi connectivity index (χ0v) is 21.8. The van der Waals surface area contributed by atoms with E-state index in [2.05, 4.69) is 4.90 Å². The van der Waals surface area contributed by atoms with Gasteiger partial charge >= 0.3 is 17.9 Å². The molecule has 0 saturated carbocycles. The van der Waals surface area contributed by atoms with Crippen LogP contribution in [0, 0.1) is 5.82 Å².